The third-order valence-corrected chi connectivity index (χ3v) is 2.67. The number of guanidine groups is 1. The summed E-state index contributed by atoms with van der Waals surface area (Å²) in [5.74, 6) is 2.55. The van der Waals surface area contributed by atoms with Gasteiger partial charge in [-0.05, 0) is 45.0 Å². The van der Waals surface area contributed by atoms with Crippen LogP contribution in [0.15, 0.2) is 29.3 Å². The molecule has 1 rings (SSSR count). The van der Waals surface area contributed by atoms with Crippen molar-refractivity contribution >= 4 is 29.9 Å². The number of ether oxygens (including phenoxy) is 2. The van der Waals surface area contributed by atoms with E-state index in [9.17, 15) is 0 Å². The van der Waals surface area contributed by atoms with E-state index in [2.05, 4.69) is 36.4 Å². The molecule has 6 heteroatoms. The van der Waals surface area contributed by atoms with Gasteiger partial charge in [-0.15, -0.1) is 24.0 Å². The van der Waals surface area contributed by atoms with Gasteiger partial charge in [-0.3, -0.25) is 4.99 Å². The second kappa shape index (κ2) is 12.4. The Morgan fingerprint density at radius 1 is 1.18 bits per heavy atom. The molecule has 0 fully saturated rings. The minimum absolute atomic E-state index is 0. The van der Waals surface area contributed by atoms with Crippen molar-refractivity contribution in [3.8, 4) is 11.5 Å². The molecule has 1 aromatic carbocycles. The molecule has 0 radical (unpaired) electrons. The molecule has 0 spiro atoms. The van der Waals surface area contributed by atoms with Gasteiger partial charge in [0.25, 0.3) is 0 Å². The minimum Gasteiger partial charge on any atom is -0.497 e. The van der Waals surface area contributed by atoms with Crippen molar-refractivity contribution in [2.75, 3.05) is 26.8 Å². The van der Waals surface area contributed by atoms with Gasteiger partial charge in [-0.2, -0.15) is 0 Å². The predicted molar refractivity (Wildman–Crippen MR) is 103 cm³/mol. The fraction of sp³-hybridized carbons (Fsp3) is 0.562. The molecule has 0 aliphatic carbocycles. The van der Waals surface area contributed by atoms with Crippen molar-refractivity contribution in [1.29, 1.82) is 0 Å². The third-order valence-electron chi connectivity index (χ3n) is 2.67. The fourth-order valence-electron chi connectivity index (χ4n) is 1.71. The Bertz CT molecular complexity index is 422. The molecule has 2 N–H and O–H groups in total. The van der Waals surface area contributed by atoms with Crippen LogP contribution in [-0.2, 0) is 0 Å². The van der Waals surface area contributed by atoms with E-state index in [0.717, 1.165) is 37.0 Å². The molecule has 5 nitrogen and oxygen atoms in total. The van der Waals surface area contributed by atoms with Gasteiger partial charge in [-0.25, -0.2) is 0 Å². The number of methoxy groups -OCH3 is 1. The van der Waals surface area contributed by atoms with Crippen LogP contribution in [0.3, 0.4) is 0 Å². The first-order valence-corrected chi connectivity index (χ1v) is 7.47. The van der Waals surface area contributed by atoms with Gasteiger partial charge in [0.2, 0.25) is 0 Å². The molecule has 0 saturated carbocycles. The molecule has 0 heterocycles. The van der Waals surface area contributed by atoms with E-state index < -0.39 is 0 Å². The summed E-state index contributed by atoms with van der Waals surface area (Å²) in [5, 5.41) is 6.51. The van der Waals surface area contributed by atoms with Crippen LogP contribution < -0.4 is 20.1 Å². The minimum atomic E-state index is 0. The Morgan fingerprint density at radius 2 is 1.82 bits per heavy atom. The summed E-state index contributed by atoms with van der Waals surface area (Å²) in [6, 6.07) is 7.98. The van der Waals surface area contributed by atoms with E-state index in [1.54, 1.807) is 7.11 Å². The number of rotatable bonds is 8. The summed E-state index contributed by atoms with van der Waals surface area (Å²) >= 11 is 0. The first-order chi connectivity index (χ1) is 10.2. The lowest BCUT2D eigenvalue weighted by atomic mass is 10.3. The quantitative estimate of drug-likeness (QED) is 0.293. The second-order valence-electron chi connectivity index (χ2n) is 4.94. The predicted octanol–water partition coefficient (Wildman–Crippen LogP) is 3.05. The first kappa shape index (κ1) is 20.8. The highest BCUT2D eigenvalue weighted by Crippen LogP contribution is 2.16. The molecular weight excluding hydrogens is 393 g/mol. The van der Waals surface area contributed by atoms with Crippen LogP contribution in [0.25, 0.3) is 0 Å². The third kappa shape index (κ3) is 8.96. The van der Waals surface area contributed by atoms with Crippen molar-refractivity contribution in [3.05, 3.63) is 24.3 Å². The average Bonchev–Trinajstić information content (AvgIpc) is 2.47. The van der Waals surface area contributed by atoms with E-state index in [1.165, 1.54) is 0 Å². The van der Waals surface area contributed by atoms with Crippen LogP contribution in [0, 0.1) is 0 Å². The molecule has 0 saturated heterocycles. The number of hydrogen-bond donors (Lipinski definition) is 2. The molecule has 0 amide bonds. The van der Waals surface area contributed by atoms with Crippen molar-refractivity contribution in [1.82, 2.24) is 10.6 Å². The molecule has 0 atom stereocenters. The number of aliphatic imine (C=N–C) groups is 1. The Labute approximate surface area is 150 Å². The van der Waals surface area contributed by atoms with E-state index >= 15 is 0 Å². The Morgan fingerprint density at radius 3 is 2.36 bits per heavy atom. The van der Waals surface area contributed by atoms with E-state index in [0.29, 0.717) is 12.6 Å². The monoisotopic (exact) mass is 421 g/mol. The van der Waals surface area contributed by atoms with E-state index in [4.69, 9.17) is 9.47 Å². The fourth-order valence-corrected chi connectivity index (χ4v) is 1.71. The van der Waals surface area contributed by atoms with Crippen molar-refractivity contribution in [3.63, 3.8) is 0 Å². The number of nitrogens with one attached hydrogen (secondary N) is 2. The Kier molecular flexibility index (Phi) is 11.7. The van der Waals surface area contributed by atoms with Crippen LogP contribution in [0.4, 0.5) is 0 Å². The van der Waals surface area contributed by atoms with Gasteiger partial charge in [0.1, 0.15) is 11.5 Å². The van der Waals surface area contributed by atoms with Gasteiger partial charge in [0.15, 0.2) is 5.96 Å². The first-order valence-electron chi connectivity index (χ1n) is 7.47. The summed E-state index contributed by atoms with van der Waals surface area (Å²) in [5.41, 5.74) is 0. The van der Waals surface area contributed by atoms with E-state index in [-0.39, 0.29) is 24.0 Å². The van der Waals surface area contributed by atoms with Crippen molar-refractivity contribution in [2.45, 2.75) is 33.2 Å². The molecule has 0 aliphatic rings. The summed E-state index contributed by atoms with van der Waals surface area (Å²) in [6.07, 6.45) is 0.876. The lowest BCUT2D eigenvalue weighted by molar-refractivity contribution is 0.312. The summed E-state index contributed by atoms with van der Waals surface area (Å²) in [4.78, 5) is 4.51. The molecule has 0 aromatic heterocycles. The van der Waals surface area contributed by atoms with Gasteiger partial charge < -0.3 is 20.1 Å². The van der Waals surface area contributed by atoms with Crippen LogP contribution in [0.1, 0.15) is 27.2 Å². The Balaban J connectivity index is 0.00000441. The number of halogens is 1. The Hall–Kier alpha value is -1.18. The smallest absolute Gasteiger partial charge is 0.191 e. The highest BCUT2D eigenvalue weighted by atomic mass is 127. The topological polar surface area (TPSA) is 54.9 Å². The maximum Gasteiger partial charge on any atom is 0.191 e. The SMILES string of the molecule is CCNC(=NCCCOc1ccc(OC)cc1)NC(C)C.I. The molecule has 0 unspecified atom stereocenters. The molecule has 22 heavy (non-hydrogen) atoms. The maximum absolute atomic E-state index is 5.66. The second-order valence-corrected chi connectivity index (χ2v) is 4.94. The van der Waals surface area contributed by atoms with Crippen LogP contribution >= 0.6 is 24.0 Å². The number of hydrogen-bond acceptors (Lipinski definition) is 3. The zero-order valence-corrected chi connectivity index (χ0v) is 16.2. The summed E-state index contributed by atoms with van der Waals surface area (Å²) in [7, 11) is 1.65. The number of nitrogens with zero attached hydrogens (tertiary/aromatic N) is 1. The molecule has 0 bridgehead atoms. The zero-order valence-electron chi connectivity index (χ0n) is 13.9. The molecule has 0 aliphatic heterocycles. The lowest BCUT2D eigenvalue weighted by Crippen LogP contribution is -2.41. The van der Waals surface area contributed by atoms with Crippen molar-refractivity contribution in [2.24, 2.45) is 4.99 Å². The highest BCUT2D eigenvalue weighted by Gasteiger charge is 1.99. The average molecular weight is 421 g/mol. The standard InChI is InChI=1S/C16H27N3O2.HI/c1-5-17-16(19-13(2)3)18-11-6-12-21-15-9-7-14(20-4)8-10-15;/h7-10,13H,5-6,11-12H2,1-4H3,(H2,17,18,19);1H. The molecular formula is C16H28IN3O2. The largest absolute Gasteiger partial charge is 0.497 e. The zero-order chi connectivity index (χ0) is 15.5. The highest BCUT2D eigenvalue weighted by molar-refractivity contribution is 14.0. The van der Waals surface area contributed by atoms with Gasteiger partial charge in [0, 0.05) is 25.6 Å². The van der Waals surface area contributed by atoms with Crippen LogP contribution in [0.5, 0.6) is 11.5 Å². The van der Waals surface area contributed by atoms with Gasteiger partial charge in [-0.1, -0.05) is 0 Å². The maximum atomic E-state index is 5.66. The van der Waals surface area contributed by atoms with Crippen LogP contribution in [-0.4, -0.2) is 38.8 Å². The van der Waals surface area contributed by atoms with E-state index in [1.807, 2.05) is 24.3 Å². The number of benzene rings is 1. The summed E-state index contributed by atoms with van der Waals surface area (Å²) in [6.45, 7) is 8.50. The normalized spacial score (nSPS) is 10.9. The molecule has 1 aromatic rings. The van der Waals surface area contributed by atoms with Gasteiger partial charge in [0.05, 0.1) is 13.7 Å². The lowest BCUT2D eigenvalue weighted by Gasteiger charge is -2.13. The van der Waals surface area contributed by atoms with Crippen molar-refractivity contribution < 1.29 is 9.47 Å². The van der Waals surface area contributed by atoms with Crippen LogP contribution in [0.2, 0.25) is 0 Å². The summed E-state index contributed by atoms with van der Waals surface area (Å²) < 4.78 is 10.8. The molecule has 126 valence electrons. The van der Waals surface area contributed by atoms with Gasteiger partial charge >= 0.3 is 0 Å².